The molecule has 0 saturated carbocycles. The summed E-state index contributed by atoms with van der Waals surface area (Å²) in [7, 11) is 0. The van der Waals surface area contributed by atoms with Crippen LogP contribution >= 0.6 is 0 Å². The van der Waals surface area contributed by atoms with Gasteiger partial charge in [0.05, 0.1) is 4.92 Å². The molecule has 0 aromatic carbocycles. The van der Waals surface area contributed by atoms with Crippen LogP contribution in [-0.4, -0.2) is 16.5 Å². The monoisotopic (exact) mass is 179 g/mol. The summed E-state index contributed by atoms with van der Waals surface area (Å²) < 4.78 is 0. The zero-order valence-electron chi connectivity index (χ0n) is 6.47. The van der Waals surface area contributed by atoms with Crippen LogP contribution < -0.4 is 0 Å². The first-order valence-electron chi connectivity index (χ1n) is 3.39. The van der Waals surface area contributed by atoms with Gasteiger partial charge >= 0.3 is 0 Å². The highest BCUT2D eigenvalue weighted by molar-refractivity contribution is 6.18. The van der Waals surface area contributed by atoms with Crippen LogP contribution in [0, 0.1) is 10.1 Å². The maximum absolute atomic E-state index is 11.0. The Labute approximate surface area is 73.2 Å². The van der Waals surface area contributed by atoms with Gasteiger partial charge in [-0.25, -0.2) is 0 Å². The van der Waals surface area contributed by atoms with E-state index in [0.29, 0.717) is 6.20 Å². The van der Waals surface area contributed by atoms with Crippen LogP contribution in [0.1, 0.15) is 0 Å². The fourth-order valence-electron chi connectivity index (χ4n) is 0.798. The lowest BCUT2D eigenvalue weighted by Crippen LogP contribution is -2.05. The predicted octanol–water partition coefficient (Wildman–Crippen LogP) is 0.411. The number of nitrogens with zero attached hydrogens (tertiary/aromatic N) is 1. The fraction of sp³-hybridized carbons (Fsp3) is 0. The lowest BCUT2D eigenvalue weighted by molar-refractivity contribution is -0.402. The Morgan fingerprint density at radius 1 is 1.31 bits per heavy atom. The van der Waals surface area contributed by atoms with Gasteiger partial charge in [-0.15, -0.1) is 0 Å². The predicted molar refractivity (Wildman–Crippen MR) is 43.4 cm³/mol. The molecule has 0 aromatic rings. The molecular formula is C8H5NO4. The molecule has 0 aromatic heterocycles. The van der Waals surface area contributed by atoms with E-state index in [1.54, 1.807) is 0 Å². The largest absolute Gasteiger partial charge is 0.290 e. The molecule has 1 aliphatic rings. The van der Waals surface area contributed by atoms with Crippen molar-refractivity contribution in [1.29, 1.82) is 0 Å². The van der Waals surface area contributed by atoms with E-state index in [2.05, 4.69) is 0 Å². The minimum absolute atomic E-state index is 0.0317. The molecule has 0 heterocycles. The number of hydrogen-bond acceptors (Lipinski definition) is 4. The summed E-state index contributed by atoms with van der Waals surface area (Å²) in [5, 5.41) is 9.91. The standard InChI is InChI=1S/C8H5NO4/c10-7-1-2-8(11)6(5-7)3-4-9(12)13/h1-5H. The first-order valence-corrected chi connectivity index (χ1v) is 3.39. The van der Waals surface area contributed by atoms with Crippen molar-refractivity contribution in [2.75, 3.05) is 0 Å². The van der Waals surface area contributed by atoms with Crippen LogP contribution in [0.3, 0.4) is 0 Å². The van der Waals surface area contributed by atoms with Crippen LogP contribution in [0.2, 0.25) is 0 Å². The van der Waals surface area contributed by atoms with Gasteiger partial charge in [-0.1, -0.05) is 0 Å². The molecule has 5 heteroatoms. The third kappa shape index (κ3) is 2.48. The van der Waals surface area contributed by atoms with Crippen molar-refractivity contribution >= 4 is 11.6 Å². The molecule has 13 heavy (non-hydrogen) atoms. The summed E-state index contributed by atoms with van der Waals surface area (Å²) >= 11 is 0. The van der Waals surface area contributed by atoms with Crippen molar-refractivity contribution in [3.8, 4) is 0 Å². The van der Waals surface area contributed by atoms with Gasteiger partial charge in [0.25, 0.3) is 0 Å². The van der Waals surface area contributed by atoms with Crippen molar-refractivity contribution in [1.82, 2.24) is 0 Å². The van der Waals surface area contributed by atoms with Crippen LogP contribution in [0.4, 0.5) is 0 Å². The molecular weight excluding hydrogens is 174 g/mol. The third-order valence-electron chi connectivity index (χ3n) is 1.36. The molecule has 0 bridgehead atoms. The average molecular weight is 179 g/mol. The van der Waals surface area contributed by atoms with E-state index in [1.165, 1.54) is 0 Å². The van der Waals surface area contributed by atoms with Crippen molar-refractivity contribution in [2.24, 2.45) is 0 Å². The number of hydrogen-bond donors (Lipinski definition) is 0. The van der Waals surface area contributed by atoms with Gasteiger partial charge < -0.3 is 0 Å². The van der Waals surface area contributed by atoms with E-state index in [9.17, 15) is 19.7 Å². The van der Waals surface area contributed by atoms with E-state index in [-0.39, 0.29) is 11.4 Å². The minimum atomic E-state index is -0.698. The molecule has 0 radical (unpaired) electrons. The van der Waals surface area contributed by atoms with Gasteiger partial charge in [0.1, 0.15) is 0 Å². The smallest absolute Gasteiger partial charge is 0.235 e. The highest BCUT2D eigenvalue weighted by Gasteiger charge is 2.10. The van der Waals surface area contributed by atoms with Gasteiger partial charge in [-0.2, -0.15) is 0 Å². The van der Waals surface area contributed by atoms with E-state index in [0.717, 1.165) is 24.3 Å². The molecule has 0 amide bonds. The van der Waals surface area contributed by atoms with Crippen molar-refractivity contribution in [2.45, 2.75) is 0 Å². The summed E-state index contributed by atoms with van der Waals surface area (Å²) in [6, 6.07) is 0. The van der Waals surface area contributed by atoms with E-state index >= 15 is 0 Å². The number of allylic oxidation sites excluding steroid dienone is 5. The van der Waals surface area contributed by atoms with Crippen molar-refractivity contribution in [3.63, 3.8) is 0 Å². The first kappa shape index (κ1) is 9.05. The molecule has 66 valence electrons. The summed E-state index contributed by atoms with van der Waals surface area (Å²) in [5.74, 6) is -0.750. The molecule has 0 unspecified atom stereocenters. The van der Waals surface area contributed by atoms with Gasteiger partial charge in [0.2, 0.25) is 6.20 Å². The number of ketones is 2. The number of carbonyl (C=O) groups excluding carboxylic acids is 2. The van der Waals surface area contributed by atoms with Gasteiger partial charge in [-0.05, 0) is 18.2 Å². The normalized spacial score (nSPS) is 16.5. The van der Waals surface area contributed by atoms with Crippen LogP contribution in [-0.2, 0) is 9.59 Å². The molecule has 1 rings (SSSR count). The minimum Gasteiger partial charge on any atom is -0.290 e. The summed E-state index contributed by atoms with van der Waals surface area (Å²) in [6.07, 6.45) is 4.88. The lowest BCUT2D eigenvalue weighted by atomic mass is 10.0. The van der Waals surface area contributed by atoms with E-state index < -0.39 is 10.7 Å². The highest BCUT2D eigenvalue weighted by Crippen LogP contribution is 2.06. The highest BCUT2D eigenvalue weighted by atomic mass is 16.6. The Kier molecular flexibility index (Phi) is 2.49. The Bertz CT molecular complexity index is 362. The topological polar surface area (TPSA) is 77.3 Å². The zero-order valence-corrected chi connectivity index (χ0v) is 6.47. The molecule has 0 spiro atoms. The third-order valence-corrected chi connectivity index (χ3v) is 1.36. The summed E-state index contributed by atoms with van der Waals surface area (Å²) in [6.45, 7) is 0. The first-order chi connectivity index (χ1) is 6.09. The maximum Gasteiger partial charge on any atom is 0.235 e. The molecule has 0 aliphatic heterocycles. The van der Waals surface area contributed by atoms with Crippen LogP contribution in [0.5, 0.6) is 0 Å². The Balaban J connectivity index is 2.86. The van der Waals surface area contributed by atoms with Crippen molar-refractivity contribution in [3.05, 3.63) is 46.2 Å². The summed E-state index contributed by atoms with van der Waals surface area (Å²) in [5.41, 5.74) is 0.0317. The number of nitro groups is 1. The second-order valence-corrected chi connectivity index (χ2v) is 2.30. The zero-order chi connectivity index (χ0) is 9.84. The molecule has 0 saturated heterocycles. The van der Waals surface area contributed by atoms with Gasteiger partial charge in [-0.3, -0.25) is 19.7 Å². The SMILES string of the molecule is O=C1C=CC(=O)C(C=C[N+](=O)[O-])=C1. The van der Waals surface area contributed by atoms with Gasteiger partial charge in [0, 0.05) is 11.6 Å². The van der Waals surface area contributed by atoms with E-state index in [4.69, 9.17) is 0 Å². The average Bonchev–Trinajstić information content (AvgIpc) is 2.06. The molecule has 1 aliphatic carbocycles. The fourth-order valence-corrected chi connectivity index (χ4v) is 0.798. The lowest BCUT2D eigenvalue weighted by Gasteiger charge is -1.98. The van der Waals surface area contributed by atoms with Crippen LogP contribution in [0.25, 0.3) is 0 Å². The quantitative estimate of drug-likeness (QED) is 0.349. The van der Waals surface area contributed by atoms with Crippen LogP contribution in [0.15, 0.2) is 36.1 Å². The molecule has 0 N–H and O–H groups in total. The van der Waals surface area contributed by atoms with Crippen molar-refractivity contribution < 1.29 is 14.5 Å². The summed E-state index contributed by atoms with van der Waals surface area (Å²) in [4.78, 5) is 30.9. The second kappa shape index (κ2) is 3.57. The molecule has 0 atom stereocenters. The molecule has 0 fully saturated rings. The second-order valence-electron chi connectivity index (χ2n) is 2.30. The number of rotatable bonds is 2. The van der Waals surface area contributed by atoms with E-state index in [1.807, 2.05) is 0 Å². The van der Waals surface area contributed by atoms with Gasteiger partial charge in [0.15, 0.2) is 11.6 Å². The Morgan fingerprint density at radius 3 is 2.62 bits per heavy atom. The Morgan fingerprint density at radius 2 is 2.00 bits per heavy atom. The Hall–Kier alpha value is -2.04. The maximum atomic E-state index is 11.0. The molecule has 5 nitrogen and oxygen atoms in total. The number of carbonyl (C=O) groups is 2.